The molecule has 2 nitrogen and oxygen atoms in total. The highest BCUT2D eigenvalue weighted by Gasteiger charge is 1.67. The van der Waals surface area contributed by atoms with Gasteiger partial charge < -0.3 is 9.84 Å². The van der Waals surface area contributed by atoms with Gasteiger partial charge in [0.25, 0.3) is 0 Å². The molecule has 0 saturated carbocycles. The maximum atomic E-state index is 7.94. The molecule has 0 aliphatic carbocycles. The first kappa shape index (κ1) is 13.3. The summed E-state index contributed by atoms with van der Waals surface area (Å²) in [5, 5.41) is 7.94. The van der Waals surface area contributed by atoms with Gasteiger partial charge in [0.05, 0.1) is 13.2 Å². The molecule has 0 saturated heterocycles. The predicted octanol–water partition coefficient (Wildman–Crippen LogP) is 1.99. The molecule has 0 aliphatic heterocycles. The van der Waals surface area contributed by atoms with E-state index in [1.165, 1.54) is 12.8 Å². The Labute approximate surface area is 69.9 Å². The van der Waals surface area contributed by atoms with Crippen molar-refractivity contribution in [2.75, 3.05) is 20.3 Å². The summed E-state index contributed by atoms with van der Waals surface area (Å²) >= 11 is 0. The van der Waals surface area contributed by atoms with Crippen LogP contribution in [0.15, 0.2) is 12.2 Å². The largest absolute Gasteiger partial charge is 0.394 e. The average molecular weight is 160 g/mol. The van der Waals surface area contributed by atoms with Crippen molar-refractivity contribution in [3.63, 3.8) is 0 Å². The summed E-state index contributed by atoms with van der Waals surface area (Å²) in [6, 6.07) is 0. The number of hydrogen-bond acceptors (Lipinski definition) is 2. The number of aliphatic hydroxyl groups excluding tert-OH is 1. The highest BCUT2D eigenvalue weighted by atomic mass is 16.5. The van der Waals surface area contributed by atoms with E-state index >= 15 is 0 Å². The van der Waals surface area contributed by atoms with E-state index in [9.17, 15) is 0 Å². The minimum Gasteiger partial charge on any atom is -0.394 e. The lowest BCUT2D eigenvalue weighted by Gasteiger charge is -1.84. The molecule has 0 spiro atoms. The summed E-state index contributed by atoms with van der Waals surface area (Å²) in [5.41, 5.74) is 0. The van der Waals surface area contributed by atoms with Gasteiger partial charge in [-0.05, 0) is 12.8 Å². The molecule has 0 unspecified atom stereocenters. The highest BCUT2D eigenvalue weighted by Crippen LogP contribution is 1.81. The minimum atomic E-state index is 0.122. The van der Waals surface area contributed by atoms with Crippen molar-refractivity contribution in [2.45, 2.75) is 26.7 Å². The fourth-order valence-corrected chi connectivity index (χ4v) is 0.425. The van der Waals surface area contributed by atoms with Crippen LogP contribution in [-0.4, -0.2) is 25.4 Å². The Morgan fingerprint density at radius 3 is 1.73 bits per heavy atom. The molecule has 0 heterocycles. The second-order valence-electron chi connectivity index (χ2n) is 2.00. The zero-order valence-corrected chi connectivity index (χ0v) is 7.84. The lowest BCUT2D eigenvalue weighted by Crippen LogP contribution is -1.91. The van der Waals surface area contributed by atoms with Crippen molar-refractivity contribution >= 4 is 0 Å². The van der Waals surface area contributed by atoms with E-state index in [0.29, 0.717) is 6.61 Å². The Morgan fingerprint density at radius 1 is 1.18 bits per heavy atom. The smallest absolute Gasteiger partial charge is 0.0693 e. The van der Waals surface area contributed by atoms with Crippen LogP contribution in [0.2, 0.25) is 0 Å². The summed E-state index contributed by atoms with van der Waals surface area (Å²) in [6.45, 7) is 4.86. The van der Waals surface area contributed by atoms with Crippen LogP contribution in [0.4, 0.5) is 0 Å². The third kappa shape index (κ3) is 26.1. The van der Waals surface area contributed by atoms with Crippen LogP contribution in [0.3, 0.4) is 0 Å². The number of rotatable bonds is 4. The van der Waals surface area contributed by atoms with Gasteiger partial charge in [-0.3, -0.25) is 0 Å². The van der Waals surface area contributed by atoms with Crippen LogP contribution in [0, 0.1) is 0 Å². The fourth-order valence-electron chi connectivity index (χ4n) is 0.425. The SMILES string of the molecule is CC/C=C/CC.COCCO. The Balaban J connectivity index is 0. The monoisotopic (exact) mass is 160 g/mol. The first-order chi connectivity index (χ1) is 5.33. The quantitative estimate of drug-likeness (QED) is 0.637. The first-order valence-electron chi connectivity index (χ1n) is 4.08. The van der Waals surface area contributed by atoms with Gasteiger partial charge in [0.2, 0.25) is 0 Å². The third-order valence-electron chi connectivity index (χ3n) is 0.933. The minimum absolute atomic E-state index is 0.122. The zero-order valence-electron chi connectivity index (χ0n) is 7.84. The first-order valence-corrected chi connectivity index (χ1v) is 4.08. The number of aliphatic hydroxyl groups is 1. The van der Waals surface area contributed by atoms with Crippen molar-refractivity contribution in [3.05, 3.63) is 12.2 Å². The van der Waals surface area contributed by atoms with E-state index in [-0.39, 0.29) is 6.61 Å². The van der Waals surface area contributed by atoms with Gasteiger partial charge in [-0.1, -0.05) is 26.0 Å². The molecular formula is C9H20O2. The molecule has 1 N–H and O–H groups in total. The number of methoxy groups -OCH3 is 1. The van der Waals surface area contributed by atoms with E-state index in [2.05, 4.69) is 30.7 Å². The fraction of sp³-hybridized carbons (Fsp3) is 0.778. The lowest BCUT2D eigenvalue weighted by atomic mass is 10.4. The Hall–Kier alpha value is -0.340. The number of ether oxygens (including phenoxy) is 1. The summed E-state index contributed by atoms with van der Waals surface area (Å²) in [5.74, 6) is 0. The molecule has 0 radical (unpaired) electrons. The summed E-state index contributed by atoms with van der Waals surface area (Å²) in [6.07, 6.45) is 6.71. The van der Waals surface area contributed by atoms with Crippen LogP contribution in [0.25, 0.3) is 0 Å². The van der Waals surface area contributed by atoms with Crippen LogP contribution in [0.1, 0.15) is 26.7 Å². The van der Waals surface area contributed by atoms with Crippen LogP contribution in [0.5, 0.6) is 0 Å². The van der Waals surface area contributed by atoms with Gasteiger partial charge in [-0.15, -0.1) is 0 Å². The van der Waals surface area contributed by atoms with Gasteiger partial charge >= 0.3 is 0 Å². The van der Waals surface area contributed by atoms with Gasteiger partial charge in [-0.2, -0.15) is 0 Å². The normalized spacial score (nSPS) is 9.45. The zero-order chi connectivity index (χ0) is 8.95. The van der Waals surface area contributed by atoms with E-state index in [1.54, 1.807) is 7.11 Å². The van der Waals surface area contributed by atoms with Gasteiger partial charge in [-0.25, -0.2) is 0 Å². The topological polar surface area (TPSA) is 29.5 Å². The molecule has 2 heteroatoms. The van der Waals surface area contributed by atoms with Gasteiger partial charge in [0, 0.05) is 7.11 Å². The van der Waals surface area contributed by atoms with E-state index in [0.717, 1.165) is 0 Å². The molecule has 0 amide bonds. The maximum absolute atomic E-state index is 7.94. The Kier molecular flexibility index (Phi) is 19.7. The molecule has 0 aromatic carbocycles. The molecule has 0 aromatic heterocycles. The highest BCUT2D eigenvalue weighted by molar-refractivity contribution is 4.77. The van der Waals surface area contributed by atoms with E-state index < -0.39 is 0 Å². The second kappa shape index (κ2) is 16.3. The van der Waals surface area contributed by atoms with E-state index in [4.69, 9.17) is 5.11 Å². The number of allylic oxidation sites excluding steroid dienone is 2. The van der Waals surface area contributed by atoms with Crippen LogP contribution < -0.4 is 0 Å². The van der Waals surface area contributed by atoms with Crippen LogP contribution in [-0.2, 0) is 4.74 Å². The van der Waals surface area contributed by atoms with Crippen molar-refractivity contribution in [1.29, 1.82) is 0 Å². The standard InChI is InChI=1S/C6H12.C3H8O2/c1-3-5-6-4-2;1-5-3-2-4/h5-6H,3-4H2,1-2H3;4H,2-3H2,1H3/b6-5+;. The van der Waals surface area contributed by atoms with Gasteiger partial charge in [0.1, 0.15) is 0 Å². The molecule has 0 aromatic rings. The molecule has 68 valence electrons. The Bertz CT molecular complexity index is 62.0. The summed E-state index contributed by atoms with van der Waals surface area (Å²) in [7, 11) is 1.55. The molecule has 0 fully saturated rings. The van der Waals surface area contributed by atoms with Crippen molar-refractivity contribution in [3.8, 4) is 0 Å². The van der Waals surface area contributed by atoms with Crippen molar-refractivity contribution < 1.29 is 9.84 Å². The lowest BCUT2D eigenvalue weighted by molar-refractivity contribution is 0.135. The van der Waals surface area contributed by atoms with Crippen molar-refractivity contribution in [1.82, 2.24) is 0 Å². The van der Waals surface area contributed by atoms with Gasteiger partial charge in [0.15, 0.2) is 0 Å². The molecular weight excluding hydrogens is 140 g/mol. The summed E-state index contributed by atoms with van der Waals surface area (Å²) < 4.78 is 4.44. The second-order valence-corrected chi connectivity index (χ2v) is 2.00. The Morgan fingerprint density at radius 2 is 1.64 bits per heavy atom. The molecule has 0 rings (SSSR count). The molecule has 0 bridgehead atoms. The van der Waals surface area contributed by atoms with Crippen molar-refractivity contribution in [2.24, 2.45) is 0 Å². The average Bonchev–Trinajstić information content (AvgIpc) is 2.04. The van der Waals surface area contributed by atoms with E-state index in [1.807, 2.05) is 0 Å². The molecule has 11 heavy (non-hydrogen) atoms. The molecule has 0 aliphatic rings. The maximum Gasteiger partial charge on any atom is 0.0693 e. The van der Waals surface area contributed by atoms with Crippen LogP contribution >= 0.6 is 0 Å². The number of hydrogen-bond donors (Lipinski definition) is 1. The molecule has 0 atom stereocenters. The summed E-state index contributed by atoms with van der Waals surface area (Å²) in [4.78, 5) is 0. The third-order valence-corrected chi connectivity index (χ3v) is 0.933. The predicted molar refractivity (Wildman–Crippen MR) is 48.7 cm³/mol.